The summed E-state index contributed by atoms with van der Waals surface area (Å²) in [6.45, 7) is 0. The maximum Gasteiger partial charge on any atom is 0.336 e. The van der Waals surface area contributed by atoms with Gasteiger partial charge in [-0.15, -0.1) is 0 Å². The van der Waals surface area contributed by atoms with E-state index in [4.69, 9.17) is 15.5 Å². The summed E-state index contributed by atoms with van der Waals surface area (Å²) in [5.74, 6) is -2.46. The summed E-state index contributed by atoms with van der Waals surface area (Å²) in [7, 11) is 0. The van der Waals surface area contributed by atoms with E-state index >= 15 is 0 Å². The lowest BCUT2D eigenvalue weighted by molar-refractivity contribution is 0.0695. The Morgan fingerprint density at radius 2 is 1.72 bits per heavy atom. The second kappa shape index (κ2) is 4.18. The third-order valence-corrected chi connectivity index (χ3v) is 2.57. The second-order valence-corrected chi connectivity index (χ2v) is 3.65. The Morgan fingerprint density at radius 1 is 1.06 bits per heavy atom. The van der Waals surface area contributed by atoms with Gasteiger partial charge in [-0.3, -0.25) is 0 Å². The van der Waals surface area contributed by atoms with E-state index < -0.39 is 11.9 Å². The molecule has 2 N–H and O–H groups in total. The lowest BCUT2D eigenvalue weighted by atomic mass is 9.97. The van der Waals surface area contributed by atoms with Gasteiger partial charge in [0.15, 0.2) is 0 Å². The van der Waals surface area contributed by atoms with Gasteiger partial charge in [0.25, 0.3) is 0 Å². The minimum absolute atomic E-state index is 0.0885. The summed E-state index contributed by atoms with van der Waals surface area (Å²) >= 11 is 0. The molecule has 0 aliphatic carbocycles. The van der Waals surface area contributed by atoms with E-state index in [2.05, 4.69) is 0 Å². The number of nitrogens with zero attached hydrogens (tertiary/aromatic N) is 1. The average Bonchev–Trinajstić information content (AvgIpc) is 2.36. The first-order chi connectivity index (χ1) is 8.54. The molecule has 0 amide bonds. The normalized spacial score (nSPS) is 9.94. The highest BCUT2D eigenvalue weighted by Crippen LogP contribution is 2.25. The average molecular weight is 241 g/mol. The van der Waals surface area contributed by atoms with Crippen LogP contribution < -0.4 is 0 Å². The van der Waals surface area contributed by atoms with E-state index in [0.717, 1.165) is 0 Å². The maximum atomic E-state index is 11.2. The third kappa shape index (κ3) is 1.76. The number of carboxylic acid groups (broad SMARTS) is 2. The highest BCUT2D eigenvalue weighted by atomic mass is 16.4. The van der Waals surface area contributed by atoms with E-state index in [9.17, 15) is 9.59 Å². The molecule has 88 valence electrons. The molecular weight excluding hydrogens is 234 g/mol. The molecule has 0 aliphatic rings. The van der Waals surface area contributed by atoms with Gasteiger partial charge in [0.2, 0.25) is 0 Å². The third-order valence-electron chi connectivity index (χ3n) is 2.57. The van der Waals surface area contributed by atoms with Crippen LogP contribution in [-0.2, 0) is 0 Å². The molecule has 0 aliphatic heterocycles. The summed E-state index contributed by atoms with van der Waals surface area (Å²) in [5.41, 5.74) is -0.0844. The van der Waals surface area contributed by atoms with E-state index in [1.165, 1.54) is 24.3 Å². The molecule has 0 bridgehead atoms. The number of nitriles is 1. The van der Waals surface area contributed by atoms with Crippen molar-refractivity contribution in [1.29, 1.82) is 5.26 Å². The van der Waals surface area contributed by atoms with Crippen molar-refractivity contribution in [1.82, 2.24) is 0 Å². The number of fused-ring (bicyclic) bond motifs is 1. The summed E-state index contributed by atoms with van der Waals surface area (Å²) in [6.07, 6.45) is 0. The molecule has 2 aromatic rings. The van der Waals surface area contributed by atoms with Gasteiger partial charge in [-0.05, 0) is 23.6 Å². The Kier molecular flexibility index (Phi) is 2.70. The van der Waals surface area contributed by atoms with Crippen molar-refractivity contribution < 1.29 is 19.8 Å². The van der Waals surface area contributed by atoms with Crippen molar-refractivity contribution in [3.05, 3.63) is 47.0 Å². The molecule has 0 heterocycles. The SMILES string of the molecule is N#Cc1cc(C(=O)O)c2c(C(=O)O)cccc2c1. The second-order valence-electron chi connectivity index (χ2n) is 3.65. The van der Waals surface area contributed by atoms with Crippen molar-refractivity contribution in [3.63, 3.8) is 0 Å². The quantitative estimate of drug-likeness (QED) is 0.838. The van der Waals surface area contributed by atoms with Gasteiger partial charge >= 0.3 is 11.9 Å². The predicted octanol–water partition coefficient (Wildman–Crippen LogP) is 2.11. The molecule has 0 unspecified atom stereocenters. The number of hydrogen-bond acceptors (Lipinski definition) is 3. The lowest BCUT2D eigenvalue weighted by Crippen LogP contribution is -2.04. The smallest absolute Gasteiger partial charge is 0.336 e. The fourth-order valence-corrected chi connectivity index (χ4v) is 1.84. The lowest BCUT2D eigenvalue weighted by Gasteiger charge is -2.06. The van der Waals surface area contributed by atoms with Gasteiger partial charge in [-0.25, -0.2) is 9.59 Å². The minimum Gasteiger partial charge on any atom is -0.478 e. The number of carboxylic acids is 2. The molecule has 2 aromatic carbocycles. The first-order valence-corrected chi connectivity index (χ1v) is 4.98. The monoisotopic (exact) mass is 241 g/mol. The van der Waals surface area contributed by atoms with Gasteiger partial charge < -0.3 is 10.2 Å². The zero-order chi connectivity index (χ0) is 13.3. The van der Waals surface area contributed by atoms with Gasteiger partial charge in [0.05, 0.1) is 22.8 Å². The van der Waals surface area contributed by atoms with Crippen molar-refractivity contribution in [3.8, 4) is 6.07 Å². The first kappa shape index (κ1) is 11.6. The van der Waals surface area contributed by atoms with Crippen LogP contribution in [0.2, 0.25) is 0 Å². The molecule has 0 saturated carbocycles. The molecule has 2 rings (SSSR count). The predicted molar refractivity (Wildman–Crippen MR) is 62.6 cm³/mol. The molecule has 0 spiro atoms. The molecule has 0 fully saturated rings. The molecule has 0 aromatic heterocycles. The van der Waals surface area contributed by atoms with Crippen LogP contribution >= 0.6 is 0 Å². The Labute approximate surface area is 102 Å². The van der Waals surface area contributed by atoms with Crippen molar-refractivity contribution >= 4 is 22.7 Å². The van der Waals surface area contributed by atoms with Crippen LogP contribution in [0.15, 0.2) is 30.3 Å². The molecule has 18 heavy (non-hydrogen) atoms. The van der Waals surface area contributed by atoms with Crippen LogP contribution in [0.3, 0.4) is 0 Å². The van der Waals surface area contributed by atoms with Crippen LogP contribution in [0.25, 0.3) is 10.8 Å². The molecule has 0 atom stereocenters. The Morgan fingerprint density at radius 3 is 2.28 bits per heavy atom. The van der Waals surface area contributed by atoms with Crippen molar-refractivity contribution in [2.24, 2.45) is 0 Å². The number of benzene rings is 2. The number of carbonyl (C=O) groups is 2. The van der Waals surface area contributed by atoms with Crippen LogP contribution in [0, 0.1) is 11.3 Å². The molecular formula is C13H7NO4. The zero-order valence-electron chi connectivity index (χ0n) is 9.04. The topological polar surface area (TPSA) is 98.4 Å². The van der Waals surface area contributed by atoms with Crippen LogP contribution in [0.4, 0.5) is 0 Å². The largest absolute Gasteiger partial charge is 0.478 e. The van der Waals surface area contributed by atoms with Crippen LogP contribution in [-0.4, -0.2) is 22.2 Å². The van der Waals surface area contributed by atoms with E-state index in [0.29, 0.717) is 5.39 Å². The minimum atomic E-state index is -1.26. The van der Waals surface area contributed by atoms with Gasteiger partial charge in [-0.2, -0.15) is 5.26 Å². The summed E-state index contributed by atoms with van der Waals surface area (Å²) in [6, 6.07) is 8.92. The number of aromatic carboxylic acids is 2. The van der Waals surface area contributed by atoms with Crippen molar-refractivity contribution in [2.45, 2.75) is 0 Å². The van der Waals surface area contributed by atoms with E-state index in [1.807, 2.05) is 6.07 Å². The number of rotatable bonds is 2. The Balaban J connectivity index is 2.98. The summed E-state index contributed by atoms with van der Waals surface area (Å²) in [4.78, 5) is 22.2. The Hall–Kier alpha value is -2.87. The molecule has 5 heteroatoms. The van der Waals surface area contributed by atoms with E-state index in [-0.39, 0.29) is 22.1 Å². The fourth-order valence-electron chi connectivity index (χ4n) is 1.84. The summed E-state index contributed by atoms with van der Waals surface area (Å²) in [5, 5.41) is 27.5. The van der Waals surface area contributed by atoms with Crippen LogP contribution in [0.1, 0.15) is 26.3 Å². The van der Waals surface area contributed by atoms with Gasteiger partial charge in [-0.1, -0.05) is 12.1 Å². The van der Waals surface area contributed by atoms with E-state index in [1.54, 1.807) is 6.07 Å². The first-order valence-electron chi connectivity index (χ1n) is 4.98. The van der Waals surface area contributed by atoms with Crippen molar-refractivity contribution in [2.75, 3.05) is 0 Å². The summed E-state index contributed by atoms with van der Waals surface area (Å²) < 4.78 is 0. The highest BCUT2D eigenvalue weighted by Gasteiger charge is 2.17. The number of hydrogen-bond donors (Lipinski definition) is 2. The molecule has 0 radical (unpaired) electrons. The molecule has 5 nitrogen and oxygen atoms in total. The van der Waals surface area contributed by atoms with Gasteiger partial charge in [0, 0.05) is 5.39 Å². The zero-order valence-corrected chi connectivity index (χ0v) is 9.04. The Bertz CT molecular complexity index is 713. The maximum absolute atomic E-state index is 11.2. The highest BCUT2D eigenvalue weighted by molar-refractivity contribution is 6.12. The standard InChI is InChI=1S/C13H7NO4/c14-6-7-4-8-2-1-3-9(12(15)16)11(8)10(5-7)13(17)18/h1-5H,(H,15,16)(H,17,18). The van der Waals surface area contributed by atoms with Crippen LogP contribution in [0.5, 0.6) is 0 Å². The molecule has 0 saturated heterocycles. The fraction of sp³-hybridized carbons (Fsp3) is 0. The van der Waals surface area contributed by atoms with Gasteiger partial charge in [0.1, 0.15) is 0 Å².